The predicted octanol–water partition coefficient (Wildman–Crippen LogP) is 5.81. The molecule has 2 amide bonds. The summed E-state index contributed by atoms with van der Waals surface area (Å²) in [6, 6.07) is 24.8. The third kappa shape index (κ3) is 5.01. The van der Waals surface area contributed by atoms with E-state index in [-0.39, 0.29) is 17.6 Å². The Morgan fingerprint density at radius 1 is 0.714 bits per heavy atom. The summed E-state index contributed by atoms with van der Waals surface area (Å²) >= 11 is 0. The highest BCUT2D eigenvalue weighted by Crippen LogP contribution is 2.25. The number of furan rings is 1. The molecule has 0 aliphatic rings. The van der Waals surface area contributed by atoms with Gasteiger partial charge < -0.3 is 19.5 Å². The lowest BCUT2D eigenvalue weighted by molar-refractivity contribution is 0.0995. The van der Waals surface area contributed by atoms with Crippen LogP contribution in [0.4, 0.5) is 11.4 Å². The number of carbonyl (C=O) groups excluding carboxylic acids is 2. The second kappa shape index (κ2) is 9.48. The number of aromatic nitrogens is 2. The maximum Gasteiger partial charge on any atom is 0.291 e. The highest BCUT2D eigenvalue weighted by Gasteiger charge is 2.13. The summed E-state index contributed by atoms with van der Waals surface area (Å²) < 4.78 is 10.9. The highest BCUT2D eigenvalue weighted by atomic mass is 16.4. The SMILES string of the molecule is Cc1cccc(-c2nnc(-c3ccc(C(=O)Nc4cccc(NC(=O)c5ccco5)c4)cc3)o2)c1. The summed E-state index contributed by atoms with van der Waals surface area (Å²) in [6.45, 7) is 2.00. The number of nitrogens with zero attached hydrogens (tertiary/aromatic N) is 2. The van der Waals surface area contributed by atoms with Gasteiger partial charge in [0.25, 0.3) is 11.8 Å². The minimum atomic E-state index is -0.374. The fourth-order valence-corrected chi connectivity index (χ4v) is 3.48. The summed E-state index contributed by atoms with van der Waals surface area (Å²) in [6.07, 6.45) is 1.43. The molecule has 2 N–H and O–H groups in total. The highest BCUT2D eigenvalue weighted by molar-refractivity contribution is 6.05. The van der Waals surface area contributed by atoms with E-state index in [1.54, 1.807) is 60.7 Å². The lowest BCUT2D eigenvalue weighted by atomic mass is 10.1. The van der Waals surface area contributed by atoms with Crippen LogP contribution >= 0.6 is 0 Å². The quantitative estimate of drug-likeness (QED) is 0.328. The number of benzene rings is 3. The molecule has 0 atom stereocenters. The van der Waals surface area contributed by atoms with Gasteiger partial charge in [-0.3, -0.25) is 9.59 Å². The number of hydrogen-bond donors (Lipinski definition) is 2. The summed E-state index contributed by atoms with van der Waals surface area (Å²) in [5, 5.41) is 13.8. The van der Waals surface area contributed by atoms with Gasteiger partial charge in [0.15, 0.2) is 5.76 Å². The topological polar surface area (TPSA) is 110 Å². The van der Waals surface area contributed by atoms with Crippen LogP contribution in [-0.2, 0) is 0 Å². The molecule has 172 valence electrons. The van der Waals surface area contributed by atoms with Gasteiger partial charge in [-0.15, -0.1) is 10.2 Å². The third-order valence-corrected chi connectivity index (χ3v) is 5.21. The molecule has 0 aliphatic carbocycles. The van der Waals surface area contributed by atoms with E-state index in [0.717, 1.165) is 11.1 Å². The molecule has 0 aliphatic heterocycles. The van der Waals surface area contributed by atoms with Crippen molar-refractivity contribution in [1.29, 1.82) is 0 Å². The van der Waals surface area contributed by atoms with E-state index in [2.05, 4.69) is 20.8 Å². The molecule has 35 heavy (non-hydrogen) atoms. The van der Waals surface area contributed by atoms with Gasteiger partial charge in [-0.05, 0) is 73.7 Å². The maximum absolute atomic E-state index is 12.7. The van der Waals surface area contributed by atoms with Crippen LogP contribution < -0.4 is 10.6 Å². The number of anilines is 2. The summed E-state index contributed by atoms with van der Waals surface area (Å²) in [5.74, 6) is 0.336. The molecule has 5 aromatic rings. The Balaban J connectivity index is 1.26. The molecule has 0 spiro atoms. The number of carbonyl (C=O) groups is 2. The Morgan fingerprint density at radius 3 is 2.09 bits per heavy atom. The molecule has 8 heteroatoms. The van der Waals surface area contributed by atoms with Crippen LogP contribution in [0.3, 0.4) is 0 Å². The van der Waals surface area contributed by atoms with Crippen LogP contribution in [-0.4, -0.2) is 22.0 Å². The Bertz CT molecular complexity index is 1490. The Labute approximate surface area is 200 Å². The Kier molecular flexibility index (Phi) is 5.92. The van der Waals surface area contributed by atoms with Crippen LogP contribution in [0.15, 0.2) is 100 Å². The average Bonchev–Trinajstić information content (AvgIpc) is 3.57. The summed E-state index contributed by atoms with van der Waals surface area (Å²) in [5.41, 5.74) is 4.18. The van der Waals surface area contributed by atoms with Gasteiger partial charge in [0.2, 0.25) is 11.8 Å². The van der Waals surface area contributed by atoms with Crippen LogP contribution in [0.25, 0.3) is 22.9 Å². The van der Waals surface area contributed by atoms with Gasteiger partial charge in [-0.2, -0.15) is 0 Å². The van der Waals surface area contributed by atoms with Crippen LogP contribution in [0.1, 0.15) is 26.5 Å². The monoisotopic (exact) mass is 464 g/mol. The first-order chi connectivity index (χ1) is 17.0. The maximum atomic E-state index is 12.7. The van der Waals surface area contributed by atoms with Gasteiger partial charge >= 0.3 is 0 Å². The van der Waals surface area contributed by atoms with Gasteiger partial charge in [-0.1, -0.05) is 23.8 Å². The van der Waals surface area contributed by atoms with Crippen molar-refractivity contribution in [3.8, 4) is 22.9 Å². The van der Waals surface area contributed by atoms with Crippen molar-refractivity contribution in [2.75, 3.05) is 10.6 Å². The largest absolute Gasteiger partial charge is 0.459 e. The van der Waals surface area contributed by atoms with Gasteiger partial charge in [0, 0.05) is 28.1 Å². The molecule has 0 saturated heterocycles. The van der Waals surface area contributed by atoms with Crippen LogP contribution in [0, 0.1) is 6.92 Å². The zero-order valence-corrected chi connectivity index (χ0v) is 18.7. The van der Waals surface area contributed by atoms with E-state index in [9.17, 15) is 9.59 Å². The molecular formula is C27H20N4O4. The normalized spacial score (nSPS) is 10.7. The zero-order chi connectivity index (χ0) is 24.2. The van der Waals surface area contributed by atoms with Crippen molar-refractivity contribution in [2.24, 2.45) is 0 Å². The molecule has 8 nitrogen and oxygen atoms in total. The van der Waals surface area contributed by atoms with Gasteiger partial charge in [0.05, 0.1) is 6.26 Å². The van der Waals surface area contributed by atoms with Gasteiger partial charge in [-0.25, -0.2) is 0 Å². The second-order valence-electron chi connectivity index (χ2n) is 7.83. The summed E-state index contributed by atoms with van der Waals surface area (Å²) in [4.78, 5) is 24.9. The van der Waals surface area contributed by atoms with E-state index in [0.29, 0.717) is 34.3 Å². The molecule has 0 bridgehead atoms. The third-order valence-electron chi connectivity index (χ3n) is 5.21. The minimum absolute atomic E-state index is 0.201. The molecule has 0 saturated carbocycles. The number of nitrogens with one attached hydrogen (secondary N) is 2. The zero-order valence-electron chi connectivity index (χ0n) is 18.7. The van der Waals surface area contributed by atoms with E-state index in [1.165, 1.54) is 6.26 Å². The first kappa shape index (κ1) is 21.8. The van der Waals surface area contributed by atoms with Crippen molar-refractivity contribution in [2.45, 2.75) is 6.92 Å². The van der Waals surface area contributed by atoms with Crippen molar-refractivity contribution in [3.05, 3.63) is 108 Å². The summed E-state index contributed by atoms with van der Waals surface area (Å²) in [7, 11) is 0. The average molecular weight is 464 g/mol. The fourth-order valence-electron chi connectivity index (χ4n) is 3.48. The van der Waals surface area contributed by atoms with E-state index < -0.39 is 0 Å². The lowest BCUT2D eigenvalue weighted by Gasteiger charge is -2.08. The minimum Gasteiger partial charge on any atom is -0.459 e. The predicted molar refractivity (Wildman–Crippen MR) is 131 cm³/mol. The molecule has 0 unspecified atom stereocenters. The Morgan fingerprint density at radius 2 is 1.40 bits per heavy atom. The van der Waals surface area contributed by atoms with E-state index >= 15 is 0 Å². The first-order valence-electron chi connectivity index (χ1n) is 10.8. The van der Waals surface area contributed by atoms with Crippen molar-refractivity contribution in [3.63, 3.8) is 0 Å². The first-order valence-corrected chi connectivity index (χ1v) is 10.8. The molecule has 2 aromatic heterocycles. The number of aryl methyl sites for hydroxylation is 1. The molecule has 5 rings (SSSR count). The molecular weight excluding hydrogens is 444 g/mol. The van der Waals surface area contributed by atoms with Gasteiger partial charge in [0.1, 0.15) is 0 Å². The molecule has 0 fully saturated rings. The number of hydrogen-bond acceptors (Lipinski definition) is 6. The fraction of sp³-hybridized carbons (Fsp3) is 0.0370. The molecule has 2 heterocycles. The van der Waals surface area contributed by atoms with Crippen molar-refractivity contribution >= 4 is 23.2 Å². The van der Waals surface area contributed by atoms with E-state index in [1.807, 2.05) is 31.2 Å². The van der Waals surface area contributed by atoms with E-state index in [4.69, 9.17) is 8.83 Å². The number of rotatable bonds is 6. The second-order valence-corrected chi connectivity index (χ2v) is 7.83. The standard InChI is InChI=1S/C27H20N4O4/c1-17-5-2-6-20(15-17)27-31-30-26(35-27)19-12-10-18(11-13-19)24(32)28-21-7-3-8-22(16-21)29-25(33)23-9-4-14-34-23/h2-16H,1H3,(H,28,32)(H,29,33). The Hall–Kier alpha value is -4.98. The smallest absolute Gasteiger partial charge is 0.291 e. The van der Waals surface area contributed by atoms with Crippen molar-refractivity contribution in [1.82, 2.24) is 10.2 Å². The van der Waals surface area contributed by atoms with Crippen LogP contribution in [0.2, 0.25) is 0 Å². The molecule has 0 radical (unpaired) electrons. The van der Waals surface area contributed by atoms with Crippen molar-refractivity contribution < 1.29 is 18.4 Å². The van der Waals surface area contributed by atoms with Crippen LogP contribution in [0.5, 0.6) is 0 Å². The lowest BCUT2D eigenvalue weighted by Crippen LogP contribution is -2.13. The molecule has 3 aromatic carbocycles. The number of amides is 2.